The van der Waals surface area contributed by atoms with Crippen molar-refractivity contribution >= 4 is 21.6 Å². The van der Waals surface area contributed by atoms with Crippen LogP contribution in [-0.4, -0.2) is 57.7 Å². The molecule has 1 saturated heterocycles. The van der Waals surface area contributed by atoms with E-state index in [-0.39, 0.29) is 5.69 Å². The number of rotatable bonds is 9. The van der Waals surface area contributed by atoms with E-state index in [4.69, 9.17) is 0 Å². The SMILES string of the molecule is CCC1CCCCN1CCCNC(=O)CN(c1ccccc1F)S(C)(=O)=O. The predicted molar refractivity (Wildman–Crippen MR) is 106 cm³/mol. The fourth-order valence-corrected chi connectivity index (χ4v) is 4.41. The lowest BCUT2D eigenvalue weighted by molar-refractivity contribution is -0.119. The molecule has 1 aromatic rings. The summed E-state index contributed by atoms with van der Waals surface area (Å²) in [6.45, 7) is 4.26. The Labute approximate surface area is 161 Å². The van der Waals surface area contributed by atoms with Crippen molar-refractivity contribution in [2.45, 2.75) is 45.1 Å². The molecule has 1 unspecified atom stereocenters. The number of hydrogen-bond acceptors (Lipinski definition) is 4. The van der Waals surface area contributed by atoms with E-state index in [1.807, 2.05) is 0 Å². The van der Waals surface area contributed by atoms with E-state index in [2.05, 4.69) is 17.1 Å². The van der Waals surface area contributed by atoms with Crippen LogP contribution < -0.4 is 9.62 Å². The van der Waals surface area contributed by atoms with Gasteiger partial charge >= 0.3 is 0 Å². The molecular formula is C19H30FN3O3S. The van der Waals surface area contributed by atoms with Crippen LogP contribution in [0.3, 0.4) is 0 Å². The van der Waals surface area contributed by atoms with Crippen molar-refractivity contribution in [1.82, 2.24) is 10.2 Å². The molecule has 1 aliphatic rings. The summed E-state index contributed by atoms with van der Waals surface area (Å²) in [5, 5.41) is 2.75. The zero-order valence-electron chi connectivity index (χ0n) is 16.2. The lowest BCUT2D eigenvalue weighted by atomic mass is 10.00. The molecule has 0 aliphatic carbocycles. The first-order valence-corrected chi connectivity index (χ1v) is 11.4. The van der Waals surface area contributed by atoms with Crippen LogP contribution >= 0.6 is 0 Å². The summed E-state index contributed by atoms with van der Waals surface area (Å²) < 4.78 is 38.8. The molecule has 27 heavy (non-hydrogen) atoms. The van der Waals surface area contributed by atoms with Crippen molar-refractivity contribution in [3.63, 3.8) is 0 Å². The van der Waals surface area contributed by atoms with Crippen LogP contribution in [0, 0.1) is 5.82 Å². The van der Waals surface area contributed by atoms with Crippen LogP contribution in [0.5, 0.6) is 0 Å². The molecule has 1 fully saturated rings. The molecule has 0 aromatic heterocycles. The minimum Gasteiger partial charge on any atom is -0.354 e. The minimum atomic E-state index is -3.77. The Hall–Kier alpha value is -1.67. The molecule has 0 bridgehead atoms. The fraction of sp³-hybridized carbons (Fsp3) is 0.632. The van der Waals surface area contributed by atoms with Crippen molar-refractivity contribution in [3.05, 3.63) is 30.1 Å². The minimum absolute atomic E-state index is 0.116. The van der Waals surface area contributed by atoms with E-state index in [0.29, 0.717) is 12.6 Å². The highest BCUT2D eigenvalue weighted by atomic mass is 32.2. The predicted octanol–water partition coefficient (Wildman–Crippen LogP) is 2.36. The highest BCUT2D eigenvalue weighted by molar-refractivity contribution is 7.92. The lowest BCUT2D eigenvalue weighted by Gasteiger charge is -2.35. The van der Waals surface area contributed by atoms with Gasteiger partial charge in [-0.3, -0.25) is 9.10 Å². The number of amides is 1. The second-order valence-electron chi connectivity index (χ2n) is 7.02. The largest absolute Gasteiger partial charge is 0.354 e. The average Bonchev–Trinajstić information content (AvgIpc) is 2.63. The zero-order valence-corrected chi connectivity index (χ0v) is 17.0. The smallest absolute Gasteiger partial charge is 0.240 e. The lowest BCUT2D eigenvalue weighted by Crippen LogP contribution is -2.43. The third-order valence-electron chi connectivity index (χ3n) is 4.97. The number of carbonyl (C=O) groups excluding carboxylic acids is 1. The molecule has 0 saturated carbocycles. The van der Waals surface area contributed by atoms with Gasteiger partial charge in [-0.15, -0.1) is 0 Å². The van der Waals surface area contributed by atoms with Gasteiger partial charge in [0.1, 0.15) is 12.4 Å². The van der Waals surface area contributed by atoms with Crippen LogP contribution in [0.1, 0.15) is 39.0 Å². The van der Waals surface area contributed by atoms with Gasteiger partial charge < -0.3 is 10.2 Å². The van der Waals surface area contributed by atoms with Gasteiger partial charge in [0.15, 0.2) is 0 Å². The summed E-state index contributed by atoms with van der Waals surface area (Å²) in [5.74, 6) is -1.11. The summed E-state index contributed by atoms with van der Waals surface area (Å²) >= 11 is 0. The molecule has 1 amide bonds. The Kier molecular flexibility index (Phi) is 8.04. The second kappa shape index (κ2) is 10.0. The van der Waals surface area contributed by atoms with Crippen molar-refractivity contribution in [2.24, 2.45) is 0 Å². The summed E-state index contributed by atoms with van der Waals surface area (Å²) in [4.78, 5) is 14.7. The van der Waals surface area contributed by atoms with Gasteiger partial charge in [-0.2, -0.15) is 0 Å². The van der Waals surface area contributed by atoms with Crippen molar-refractivity contribution in [1.29, 1.82) is 0 Å². The van der Waals surface area contributed by atoms with Gasteiger partial charge in [0, 0.05) is 19.1 Å². The van der Waals surface area contributed by atoms with Crippen molar-refractivity contribution in [3.8, 4) is 0 Å². The molecule has 1 atom stereocenters. The van der Waals surface area contributed by atoms with Crippen LogP contribution in [0.4, 0.5) is 10.1 Å². The van der Waals surface area contributed by atoms with E-state index >= 15 is 0 Å². The number of halogens is 1. The molecule has 2 rings (SSSR count). The van der Waals surface area contributed by atoms with Crippen molar-refractivity contribution in [2.75, 3.05) is 36.7 Å². The molecule has 6 nitrogen and oxygen atoms in total. The van der Waals surface area contributed by atoms with Gasteiger partial charge in [0.05, 0.1) is 11.9 Å². The van der Waals surface area contributed by atoms with E-state index in [1.54, 1.807) is 0 Å². The Morgan fingerprint density at radius 3 is 2.74 bits per heavy atom. The number of likely N-dealkylation sites (tertiary alicyclic amines) is 1. The number of hydrogen-bond donors (Lipinski definition) is 1. The van der Waals surface area contributed by atoms with Crippen LogP contribution in [0.2, 0.25) is 0 Å². The maximum absolute atomic E-state index is 14.0. The molecule has 1 aromatic carbocycles. The maximum Gasteiger partial charge on any atom is 0.240 e. The van der Waals surface area contributed by atoms with Gasteiger partial charge in [0.25, 0.3) is 0 Å². The highest BCUT2D eigenvalue weighted by Crippen LogP contribution is 2.21. The van der Waals surface area contributed by atoms with E-state index in [9.17, 15) is 17.6 Å². The topological polar surface area (TPSA) is 69.7 Å². The number of nitrogens with zero attached hydrogens (tertiary/aromatic N) is 2. The highest BCUT2D eigenvalue weighted by Gasteiger charge is 2.23. The zero-order chi connectivity index (χ0) is 19.9. The standard InChI is InChI=1S/C19H30FN3O3S/c1-3-16-9-6-7-13-22(16)14-8-12-21-19(24)15-23(27(2,25)26)18-11-5-4-10-17(18)20/h4-5,10-11,16H,3,6-9,12-15H2,1-2H3,(H,21,24). The molecule has 0 spiro atoms. The quantitative estimate of drug-likeness (QED) is 0.647. The number of nitrogens with one attached hydrogen (secondary N) is 1. The second-order valence-corrected chi connectivity index (χ2v) is 8.93. The van der Waals surface area contributed by atoms with Gasteiger partial charge in [0.2, 0.25) is 15.9 Å². The Morgan fingerprint density at radius 2 is 2.07 bits per heavy atom. The molecule has 1 aliphatic heterocycles. The fourth-order valence-electron chi connectivity index (χ4n) is 3.55. The monoisotopic (exact) mass is 399 g/mol. The molecule has 1 heterocycles. The molecule has 152 valence electrons. The third kappa shape index (κ3) is 6.46. The molecular weight excluding hydrogens is 369 g/mol. The summed E-state index contributed by atoms with van der Waals surface area (Å²) in [6, 6.07) is 6.16. The number of piperidine rings is 1. The van der Waals surface area contributed by atoms with Gasteiger partial charge in [-0.1, -0.05) is 25.5 Å². The first kappa shape index (κ1) is 21.6. The number of para-hydroxylation sites is 1. The Morgan fingerprint density at radius 1 is 1.33 bits per heavy atom. The maximum atomic E-state index is 14.0. The summed E-state index contributed by atoms with van der Waals surface area (Å²) in [6.07, 6.45) is 6.64. The molecule has 1 N–H and O–H groups in total. The summed E-state index contributed by atoms with van der Waals surface area (Å²) in [7, 11) is -3.77. The number of anilines is 1. The van der Waals surface area contributed by atoms with Crippen LogP contribution in [-0.2, 0) is 14.8 Å². The van der Waals surface area contributed by atoms with Gasteiger partial charge in [-0.25, -0.2) is 12.8 Å². The first-order valence-electron chi connectivity index (χ1n) is 9.56. The number of carbonyl (C=O) groups is 1. The van der Waals surface area contributed by atoms with E-state index in [0.717, 1.165) is 36.5 Å². The number of sulfonamides is 1. The first-order chi connectivity index (χ1) is 12.8. The van der Waals surface area contributed by atoms with Crippen LogP contribution in [0.15, 0.2) is 24.3 Å². The van der Waals surface area contributed by atoms with Crippen molar-refractivity contribution < 1.29 is 17.6 Å². The number of benzene rings is 1. The van der Waals surface area contributed by atoms with E-state index in [1.165, 1.54) is 43.5 Å². The Bertz CT molecular complexity index is 727. The Balaban J connectivity index is 1.85. The molecule has 0 radical (unpaired) electrons. The van der Waals surface area contributed by atoms with Crippen LogP contribution in [0.25, 0.3) is 0 Å². The summed E-state index contributed by atoms with van der Waals surface area (Å²) in [5.41, 5.74) is -0.116. The third-order valence-corrected chi connectivity index (χ3v) is 6.10. The average molecular weight is 400 g/mol. The normalized spacial score (nSPS) is 18.3. The molecule has 8 heteroatoms. The van der Waals surface area contributed by atoms with Gasteiger partial charge in [-0.05, 0) is 44.4 Å². The van der Waals surface area contributed by atoms with E-state index < -0.39 is 28.3 Å².